The monoisotopic (exact) mass is 384 g/mol. The van der Waals surface area contributed by atoms with E-state index in [1.807, 2.05) is 0 Å². The van der Waals surface area contributed by atoms with Gasteiger partial charge in [-0.1, -0.05) is 118 Å². The Morgan fingerprint density at radius 3 is 1.35 bits per heavy atom. The quantitative estimate of drug-likeness (QED) is 0.169. The molecule has 0 N–H and O–H groups in total. The maximum atomic E-state index is 6.40. The molecule has 158 valence electrons. The van der Waals surface area contributed by atoms with Gasteiger partial charge in [-0.15, -0.1) is 0 Å². The second-order valence-corrected chi connectivity index (χ2v) is 14.4. The Morgan fingerprint density at radius 1 is 0.654 bits per heavy atom. The summed E-state index contributed by atoms with van der Waals surface area (Å²) in [6.45, 7) is 17.5. The van der Waals surface area contributed by atoms with Crippen LogP contribution in [-0.2, 0) is 4.43 Å². The van der Waals surface area contributed by atoms with Gasteiger partial charge in [0.2, 0.25) is 0 Å². The maximum absolute atomic E-state index is 6.40. The normalized spacial score (nSPS) is 12.9. The molecule has 0 aromatic heterocycles. The van der Waals surface area contributed by atoms with E-state index in [4.69, 9.17) is 4.43 Å². The molecule has 1 nitrogen and oxygen atoms in total. The highest BCUT2D eigenvalue weighted by molar-refractivity contribution is 6.74. The van der Waals surface area contributed by atoms with Crippen molar-refractivity contribution in [1.29, 1.82) is 0 Å². The smallest absolute Gasteiger partial charge is 0.192 e. The summed E-state index contributed by atoms with van der Waals surface area (Å²) < 4.78 is 6.40. The predicted octanol–water partition coefficient (Wildman–Crippen LogP) is 9.13. The lowest BCUT2D eigenvalue weighted by atomic mass is 9.99. The minimum absolute atomic E-state index is 0.350. The molecule has 2 heteroatoms. The Bertz CT molecular complexity index is 309. The fourth-order valence-corrected chi connectivity index (χ4v) is 5.92. The van der Waals surface area contributed by atoms with Crippen LogP contribution in [0.15, 0.2) is 0 Å². The van der Waals surface area contributed by atoms with Crippen molar-refractivity contribution in [3.63, 3.8) is 0 Å². The van der Waals surface area contributed by atoms with Gasteiger partial charge in [0.05, 0.1) is 0 Å². The van der Waals surface area contributed by atoms with Crippen LogP contribution in [0.3, 0.4) is 0 Å². The molecule has 0 aliphatic heterocycles. The number of hydrogen-bond donors (Lipinski definition) is 0. The van der Waals surface area contributed by atoms with Crippen molar-refractivity contribution >= 4 is 8.32 Å². The van der Waals surface area contributed by atoms with Gasteiger partial charge in [0.15, 0.2) is 8.32 Å². The molecule has 0 aliphatic carbocycles. The van der Waals surface area contributed by atoms with E-state index < -0.39 is 8.32 Å². The lowest BCUT2D eigenvalue weighted by Gasteiger charge is -2.42. The fraction of sp³-hybridized carbons (Fsp3) is 1.00. The molecule has 0 amide bonds. The highest BCUT2D eigenvalue weighted by atomic mass is 28.4. The summed E-state index contributed by atoms with van der Waals surface area (Å²) >= 11 is 0. The molecule has 0 fully saturated rings. The molecule has 0 aliphatic rings. The van der Waals surface area contributed by atoms with Crippen LogP contribution in [0.2, 0.25) is 18.1 Å². The molecule has 0 bridgehead atoms. The van der Waals surface area contributed by atoms with Crippen molar-refractivity contribution in [2.45, 2.75) is 143 Å². The topological polar surface area (TPSA) is 9.23 Å². The Balaban J connectivity index is 3.42. The van der Waals surface area contributed by atoms with Crippen molar-refractivity contribution in [2.75, 3.05) is 6.61 Å². The predicted molar refractivity (Wildman–Crippen MR) is 123 cm³/mol. The van der Waals surface area contributed by atoms with E-state index in [1.54, 1.807) is 0 Å². The first kappa shape index (κ1) is 26.2. The summed E-state index contributed by atoms with van der Waals surface area (Å²) in [6, 6.07) is 0. The van der Waals surface area contributed by atoms with E-state index >= 15 is 0 Å². The average Bonchev–Trinajstić information content (AvgIpc) is 2.58. The Morgan fingerprint density at radius 2 is 1.00 bits per heavy atom. The molecule has 26 heavy (non-hydrogen) atoms. The largest absolute Gasteiger partial charge is 0.417 e. The molecule has 0 spiro atoms. The lowest BCUT2D eigenvalue weighted by Crippen LogP contribution is -2.45. The van der Waals surface area contributed by atoms with Crippen LogP contribution < -0.4 is 0 Å². The first-order valence-corrected chi connectivity index (χ1v) is 14.8. The van der Waals surface area contributed by atoms with Crippen molar-refractivity contribution in [1.82, 2.24) is 0 Å². The molecule has 0 aromatic carbocycles. The van der Waals surface area contributed by atoms with Gasteiger partial charge >= 0.3 is 0 Å². The van der Waals surface area contributed by atoms with Gasteiger partial charge in [-0.2, -0.15) is 0 Å². The van der Waals surface area contributed by atoms with Crippen LogP contribution in [0.4, 0.5) is 0 Å². The van der Waals surface area contributed by atoms with Gasteiger partial charge in [0.1, 0.15) is 0 Å². The molecular formula is C24H52OSi. The van der Waals surface area contributed by atoms with E-state index in [1.165, 1.54) is 89.9 Å². The van der Waals surface area contributed by atoms with Crippen molar-refractivity contribution in [3.05, 3.63) is 0 Å². The molecule has 0 heterocycles. The third-order valence-electron chi connectivity index (χ3n) is 6.96. The minimum Gasteiger partial charge on any atom is -0.417 e. The Kier molecular flexibility index (Phi) is 15.2. The summed E-state index contributed by atoms with van der Waals surface area (Å²) in [4.78, 5) is 0. The second kappa shape index (κ2) is 15.1. The molecule has 0 aromatic rings. The van der Waals surface area contributed by atoms with E-state index in [0.29, 0.717) is 11.0 Å². The Hall–Kier alpha value is 0.177. The number of hydrogen-bond acceptors (Lipinski definition) is 1. The van der Waals surface area contributed by atoms with Gasteiger partial charge in [0.25, 0.3) is 0 Å². The van der Waals surface area contributed by atoms with Gasteiger partial charge in [-0.25, -0.2) is 0 Å². The fourth-order valence-electron chi connectivity index (χ4n) is 3.51. The van der Waals surface area contributed by atoms with Crippen molar-refractivity contribution in [3.8, 4) is 0 Å². The first-order valence-electron chi connectivity index (χ1n) is 11.9. The summed E-state index contributed by atoms with van der Waals surface area (Å²) in [5.41, 5.74) is 0. The summed E-state index contributed by atoms with van der Waals surface area (Å²) in [6.07, 6.45) is 19.9. The highest BCUT2D eigenvalue weighted by Gasteiger charge is 2.42. The maximum Gasteiger partial charge on any atom is 0.192 e. The van der Waals surface area contributed by atoms with Crippen LogP contribution in [0, 0.1) is 5.92 Å². The van der Waals surface area contributed by atoms with Crippen molar-refractivity contribution in [2.24, 2.45) is 5.92 Å². The van der Waals surface area contributed by atoms with Crippen LogP contribution in [0.1, 0.15) is 125 Å². The van der Waals surface area contributed by atoms with Gasteiger partial charge in [-0.3, -0.25) is 0 Å². The van der Waals surface area contributed by atoms with Crippen LogP contribution in [-0.4, -0.2) is 14.9 Å². The van der Waals surface area contributed by atoms with E-state index in [0.717, 1.165) is 6.61 Å². The lowest BCUT2D eigenvalue weighted by molar-refractivity contribution is 0.258. The van der Waals surface area contributed by atoms with E-state index in [9.17, 15) is 0 Å². The van der Waals surface area contributed by atoms with Crippen LogP contribution in [0.5, 0.6) is 0 Å². The summed E-state index contributed by atoms with van der Waals surface area (Å²) in [5, 5.41) is 0.350. The van der Waals surface area contributed by atoms with Gasteiger partial charge in [0, 0.05) is 6.61 Å². The zero-order valence-electron chi connectivity index (χ0n) is 19.6. The van der Waals surface area contributed by atoms with Crippen LogP contribution >= 0.6 is 0 Å². The minimum atomic E-state index is -1.60. The molecule has 0 atom stereocenters. The van der Waals surface area contributed by atoms with Gasteiger partial charge < -0.3 is 4.43 Å². The zero-order chi connectivity index (χ0) is 19.9. The van der Waals surface area contributed by atoms with E-state index in [-0.39, 0.29) is 0 Å². The van der Waals surface area contributed by atoms with E-state index in [2.05, 4.69) is 47.7 Å². The molecule has 0 unspecified atom stereocenters. The standard InChI is InChI=1S/C24H52OSi/c1-8-9-10-11-12-13-14-15-16-17-18-19-20-21-22-25-26(6,7)24(4,5)23(2)3/h23H,8-22H2,1-7H3. The SMILES string of the molecule is CCCCCCCCCCCCCCCCO[Si](C)(C)C(C)(C)C(C)C. The summed E-state index contributed by atoms with van der Waals surface area (Å²) in [7, 11) is -1.60. The summed E-state index contributed by atoms with van der Waals surface area (Å²) in [5.74, 6) is 0.695. The third-order valence-corrected chi connectivity index (χ3v) is 11.6. The first-order chi connectivity index (χ1) is 12.3. The molecular weight excluding hydrogens is 332 g/mol. The second-order valence-electron chi connectivity index (χ2n) is 9.83. The van der Waals surface area contributed by atoms with Gasteiger partial charge in [-0.05, 0) is 30.5 Å². The van der Waals surface area contributed by atoms with Crippen LogP contribution in [0.25, 0.3) is 0 Å². The molecule has 0 radical (unpaired) electrons. The third kappa shape index (κ3) is 11.8. The molecule has 0 saturated heterocycles. The highest BCUT2D eigenvalue weighted by Crippen LogP contribution is 2.44. The zero-order valence-corrected chi connectivity index (χ0v) is 20.6. The number of unbranched alkanes of at least 4 members (excludes halogenated alkanes) is 13. The Labute approximate surface area is 168 Å². The average molecular weight is 385 g/mol. The number of rotatable bonds is 18. The van der Waals surface area contributed by atoms with Crippen molar-refractivity contribution < 1.29 is 4.43 Å². The molecule has 0 saturated carbocycles. The molecule has 0 rings (SSSR count).